The van der Waals surface area contributed by atoms with Gasteiger partial charge in [-0.2, -0.15) is 4.31 Å². The molecule has 2 fully saturated rings. The quantitative estimate of drug-likeness (QED) is 0.562. The Bertz CT molecular complexity index is 1270. The Morgan fingerprint density at radius 2 is 1.46 bits per heavy atom. The Morgan fingerprint density at radius 3 is 2.06 bits per heavy atom. The van der Waals surface area contributed by atoms with Crippen molar-refractivity contribution in [3.8, 4) is 0 Å². The van der Waals surface area contributed by atoms with E-state index in [9.17, 15) is 21.6 Å². The molecule has 0 saturated carbocycles. The Morgan fingerprint density at radius 1 is 0.857 bits per heavy atom. The average Bonchev–Trinajstić information content (AvgIpc) is 2.85. The first-order chi connectivity index (χ1) is 16.6. The Kier molecular flexibility index (Phi) is 7.87. The second kappa shape index (κ2) is 10.6. The van der Waals surface area contributed by atoms with Gasteiger partial charge in [-0.15, -0.1) is 0 Å². The zero-order valence-corrected chi connectivity index (χ0v) is 22.0. The number of rotatable bonds is 6. The van der Waals surface area contributed by atoms with E-state index in [1.54, 1.807) is 53.4 Å². The number of hydrogen-bond donors (Lipinski definition) is 0. The third kappa shape index (κ3) is 5.89. The van der Waals surface area contributed by atoms with Gasteiger partial charge in [-0.25, -0.2) is 21.1 Å². The minimum absolute atomic E-state index is 0.0273. The van der Waals surface area contributed by atoms with E-state index in [0.717, 1.165) is 5.56 Å². The number of amides is 1. The predicted octanol–water partition coefficient (Wildman–Crippen LogP) is 2.72. The van der Waals surface area contributed by atoms with Crippen molar-refractivity contribution in [3.05, 3.63) is 64.7 Å². The summed E-state index contributed by atoms with van der Waals surface area (Å²) in [5.74, 6) is -0.453. The fraction of sp³-hybridized carbons (Fsp3) is 0.458. The molecule has 35 heavy (non-hydrogen) atoms. The van der Waals surface area contributed by atoms with E-state index >= 15 is 0 Å². The Hall–Kier alpha value is -1.98. The summed E-state index contributed by atoms with van der Waals surface area (Å²) >= 11 is 6.13. The smallest absolute Gasteiger partial charge is 0.243 e. The molecule has 0 spiro atoms. The molecule has 2 aliphatic heterocycles. The van der Waals surface area contributed by atoms with Gasteiger partial charge in [0, 0.05) is 50.2 Å². The number of aryl methyl sites for hydroxylation is 1. The van der Waals surface area contributed by atoms with Crippen molar-refractivity contribution in [2.24, 2.45) is 5.92 Å². The third-order valence-electron chi connectivity index (χ3n) is 6.70. The van der Waals surface area contributed by atoms with E-state index in [1.807, 2.05) is 6.92 Å². The summed E-state index contributed by atoms with van der Waals surface area (Å²) in [7, 11) is -7.13. The maximum absolute atomic E-state index is 13.1. The molecule has 0 unspecified atom stereocenters. The van der Waals surface area contributed by atoms with E-state index < -0.39 is 20.0 Å². The van der Waals surface area contributed by atoms with E-state index in [1.165, 1.54) is 8.61 Å². The van der Waals surface area contributed by atoms with Crippen LogP contribution in [0.15, 0.2) is 53.4 Å². The molecule has 11 heteroatoms. The molecule has 0 N–H and O–H groups in total. The van der Waals surface area contributed by atoms with E-state index in [2.05, 4.69) is 0 Å². The zero-order chi connectivity index (χ0) is 25.2. The number of piperidine rings is 1. The molecule has 2 aromatic rings. The van der Waals surface area contributed by atoms with Gasteiger partial charge >= 0.3 is 0 Å². The summed E-state index contributed by atoms with van der Waals surface area (Å²) in [6, 6.07) is 13.6. The monoisotopic (exact) mass is 539 g/mol. The number of halogens is 1. The van der Waals surface area contributed by atoms with Crippen molar-refractivity contribution < 1.29 is 21.6 Å². The summed E-state index contributed by atoms with van der Waals surface area (Å²) in [6.45, 7) is 3.61. The molecule has 2 aliphatic rings. The Balaban J connectivity index is 1.30. The van der Waals surface area contributed by atoms with Gasteiger partial charge in [-0.3, -0.25) is 4.79 Å². The van der Waals surface area contributed by atoms with E-state index in [0.29, 0.717) is 36.5 Å². The third-order valence-corrected chi connectivity index (χ3v) is 10.8. The summed E-state index contributed by atoms with van der Waals surface area (Å²) in [6.07, 6.45) is 0.894. The van der Waals surface area contributed by atoms with Gasteiger partial charge in [0.1, 0.15) is 0 Å². The van der Waals surface area contributed by atoms with Crippen molar-refractivity contribution in [1.29, 1.82) is 0 Å². The molecule has 2 saturated heterocycles. The molecule has 4 rings (SSSR count). The molecule has 190 valence electrons. The van der Waals surface area contributed by atoms with Crippen LogP contribution in [0.1, 0.15) is 24.0 Å². The van der Waals surface area contributed by atoms with Crippen molar-refractivity contribution in [1.82, 2.24) is 13.5 Å². The van der Waals surface area contributed by atoms with Crippen LogP contribution in [0.3, 0.4) is 0 Å². The highest BCUT2D eigenvalue weighted by molar-refractivity contribution is 7.89. The molecule has 0 radical (unpaired) electrons. The van der Waals surface area contributed by atoms with E-state index in [-0.39, 0.29) is 48.7 Å². The van der Waals surface area contributed by atoms with Crippen LogP contribution in [-0.4, -0.2) is 75.5 Å². The van der Waals surface area contributed by atoms with Crippen LogP contribution >= 0.6 is 11.6 Å². The first-order valence-corrected chi connectivity index (χ1v) is 15.1. The SMILES string of the molecule is Cc1ccc(S(=O)(=O)N2CCN(C(=O)C3CCN(S(=O)(=O)Cc4ccccc4Cl)CC3)CC2)cc1. The minimum atomic E-state index is -3.59. The lowest BCUT2D eigenvalue weighted by Crippen LogP contribution is -2.53. The van der Waals surface area contributed by atoms with Gasteiger partial charge in [0.05, 0.1) is 10.6 Å². The molecule has 2 heterocycles. The summed E-state index contributed by atoms with van der Waals surface area (Å²) in [5, 5.41) is 0.421. The lowest BCUT2D eigenvalue weighted by atomic mass is 9.96. The highest BCUT2D eigenvalue weighted by Gasteiger charge is 2.36. The van der Waals surface area contributed by atoms with Crippen LogP contribution in [0.4, 0.5) is 0 Å². The second-order valence-corrected chi connectivity index (χ2v) is 13.4. The Labute approximate surface area is 212 Å². The largest absolute Gasteiger partial charge is 0.340 e. The number of hydrogen-bond acceptors (Lipinski definition) is 5. The molecule has 0 atom stereocenters. The summed E-state index contributed by atoms with van der Waals surface area (Å²) in [5.41, 5.74) is 1.55. The second-order valence-electron chi connectivity index (χ2n) is 9.06. The molecular weight excluding hydrogens is 510 g/mol. The van der Waals surface area contributed by atoms with Gasteiger partial charge in [0.2, 0.25) is 26.0 Å². The van der Waals surface area contributed by atoms with Gasteiger partial charge in [-0.1, -0.05) is 47.5 Å². The molecule has 0 aromatic heterocycles. The number of piperazine rings is 1. The summed E-state index contributed by atoms with van der Waals surface area (Å²) in [4.78, 5) is 15.0. The van der Waals surface area contributed by atoms with Gasteiger partial charge in [-0.05, 0) is 43.5 Å². The molecule has 0 bridgehead atoms. The molecule has 2 aromatic carbocycles. The van der Waals surface area contributed by atoms with Crippen LogP contribution in [0, 0.1) is 12.8 Å². The van der Waals surface area contributed by atoms with Gasteiger partial charge in [0.25, 0.3) is 0 Å². The lowest BCUT2D eigenvalue weighted by Gasteiger charge is -2.38. The zero-order valence-electron chi connectivity index (χ0n) is 19.6. The van der Waals surface area contributed by atoms with Crippen LogP contribution < -0.4 is 0 Å². The fourth-order valence-electron chi connectivity index (χ4n) is 4.55. The molecule has 1 amide bonds. The number of sulfonamides is 2. The number of nitrogens with zero attached hydrogens (tertiary/aromatic N) is 3. The van der Waals surface area contributed by atoms with Crippen molar-refractivity contribution >= 4 is 37.6 Å². The van der Waals surface area contributed by atoms with Crippen molar-refractivity contribution in [2.45, 2.75) is 30.4 Å². The standard InChI is InChI=1S/C24H30ClN3O5S2/c1-19-6-8-22(9-7-19)35(32,33)28-16-14-26(15-17-28)24(29)20-10-12-27(13-11-20)34(30,31)18-21-4-2-3-5-23(21)25/h2-9,20H,10-18H2,1H3. The van der Waals surface area contributed by atoms with Crippen molar-refractivity contribution in [3.63, 3.8) is 0 Å². The molecule has 8 nitrogen and oxygen atoms in total. The first-order valence-electron chi connectivity index (χ1n) is 11.6. The predicted molar refractivity (Wildman–Crippen MR) is 135 cm³/mol. The molecular formula is C24H30ClN3O5S2. The average molecular weight is 540 g/mol. The highest BCUT2D eigenvalue weighted by Crippen LogP contribution is 2.26. The van der Waals surface area contributed by atoms with E-state index in [4.69, 9.17) is 11.6 Å². The summed E-state index contributed by atoms with van der Waals surface area (Å²) < 4.78 is 54.4. The highest BCUT2D eigenvalue weighted by atomic mass is 35.5. The topological polar surface area (TPSA) is 95.1 Å². The molecule has 0 aliphatic carbocycles. The lowest BCUT2D eigenvalue weighted by molar-refractivity contribution is -0.137. The van der Waals surface area contributed by atoms with Crippen LogP contribution in [0.5, 0.6) is 0 Å². The van der Waals surface area contributed by atoms with Crippen LogP contribution in [0.25, 0.3) is 0 Å². The number of carbonyl (C=O) groups is 1. The van der Waals surface area contributed by atoms with Crippen LogP contribution in [0.2, 0.25) is 5.02 Å². The van der Waals surface area contributed by atoms with Crippen LogP contribution in [-0.2, 0) is 30.6 Å². The maximum Gasteiger partial charge on any atom is 0.243 e. The number of carbonyl (C=O) groups excluding carboxylic acids is 1. The number of benzene rings is 2. The fourth-order valence-corrected chi connectivity index (χ4v) is 7.85. The van der Waals surface area contributed by atoms with Gasteiger partial charge in [0.15, 0.2) is 0 Å². The van der Waals surface area contributed by atoms with Gasteiger partial charge < -0.3 is 4.90 Å². The first kappa shape index (κ1) is 26.1. The minimum Gasteiger partial charge on any atom is -0.340 e. The normalized spacial score (nSPS) is 19.1. The maximum atomic E-state index is 13.1. The van der Waals surface area contributed by atoms with Crippen molar-refractivity contribution in [2.75, 3.05) is 39.3 Å².